The first kappa shape index (κ1) is 20.3. The van der Waals surface area contributed by atoms with Gasteiger partial charge < -0.3 is 9.64 Å². The van der Waals surface area contributed by atoms with Gasteiger partial charge in [-0.3, -0.25) is 4.79 Å². The molecular weight excluding hydrogens is 381 g/mol. The van der Waals surface area contributed by atoms with E-state index in [9.17, 15) is 17.6 Å². The van der Waals surface area contributed by atoms with Crippen LogP contribution in [-0.2, 0) is 16.4 Å². The molecule has 0 aliphatic carbocycles. The molecule has 1 aliphatic rings. The highest BCUT2D eigenvalue weighted by molar-refractivity contribution is 7.91. The third-order valence-electron chi connectivity index (χ3n) is 4.76. The highest BCUT2D eigenvalue weighted by atomic mass is 32.2. The molecule has 5 nitrogen and oxygen atoms in total. The number of carbonyl (C=O) groups excluding carboxylic acids is 1. The molecular formula is C21H24FNO4S. The van der Waals surface area contributed by atoms with Crippen molar-refractivity contribution in [1.82, 2.24) is 4.90 Å². The molecule has 1 saturated heterocycles. The standard InChI is InChI=1S/C21H24FNO4S/c1-2-11-27-19-8-5-7-16(13-19)21(24)23(18-10-12-28(25,26)15-18)14-17-6-3-4-9-20(17)22/h3-9,13,18H,2,10-12,14-15H2,1H3. The van der Waals surface area contributed by atoms with Gasteiger partial charge in [0.2, 0.25) is 0 Å². The van der Waals surface area contributed by atoms with Gasteiger partial charge in [-0.25, -0.2) is 12.8 Å². The fraction of sp³-hybridized carbons (Fsp3) is 0.381. The summed E-state index contributed by atoms with van der Waals surface area (Å²) in [5.41, 5.74) is 0.757. The topological polar surface area (TPSA) is 63.7 Å². The Hall–Kier alpha value is -2.41. The minimum absolute atomic E-state index is 0.0196. The quantitative estimate of drug-likeness (QED) is 0.708. The first-order chi connectivity index (χ1) is 13.4. The van der Waals surface area contributed by atoms with E-state index >= 15 is 0 Å². The zero-order valence-electron chi connectivity index (χ0n) is 15.8. The predicted molar refractivity (Wildman–Crippen MR) is 106 cm³/mol. The smallest absolute Gasteiger partial charge is 0.254 e. The Bertz CT molecular complexity index is 945. The van der Waals surface area contributed by atoms with Crippen LogP contribution in [-0.4, -0.2) is 43.4 Å². The van der Waals surface area contributed by atoms with Crippen LogP contribution in [0.15, 0.2) is 48.5 Å². The average molecular weight is 405 g/mol. The molecule has 1 unspecified atom stereocenters. The second-order valence-electron chi connectivity index (χ2n) is 6.96. The van der Waals surface area contributed by atoms with Crippen molar-refractivity contribution in [3.63, 3.8) is 0 Å². The van der Waals surface area contributed by atoms with Crippen molar-refractivity contribution in [2.75, 3.05) is 18.1 Å². The van der Waals surface area contributed by atoms with Crippen LogP contribution in [0, 0.1) is 5.82 Å². The van der Waals surface area contributed by atoms with E-state index in [4.69, 9.17) is 4.74 Å². The van der Waals surface area contributed by atoms with E-state index in [0.717, 1.165) is 6.42 Å². The number of amides is 1. The summed E-state index contributed by atoms with van der Waals surface area (Å²) in [5.74, 6) is -0.219. The molecule has 2 aromatic rings. The molecule has 0 radical (unpaired) electrons. The molecule has 28 heavy (non-hydrogen) atoms. The van der Waals surface area contributed by atoms with Gasteiger partial charge in [0.25, 0.3) is 5.91 Å². The van der Waals surface area contributed by atoms with Gasteiger partial charge in [-0.15, -0.1) is 0 Å². The number of halogens is 1. The van der Waals surface area contributed by atoms with E-state index in [-0.39, 0.29) is 24.0 Å². The van der Waals surface area contributed by atoms with Crippen LogP contribution in [0.5, 0.6) is 5.75 Å². The maximum absolute atomic E-state index is 14.2. The summed E-state index contributed by atoms with van der Waals surface area (Å²) >= 11 is 0. The number of sulfone groups is 1. The Labute approximate surface area is 165 Å². The van der Waals surface area contributed by atoms with Crippen molar-refractivity contribution in [3.05, 3.63) is 65.5 Å². The summed E-state index contributed by atoms with van der Waals surface area (Å²) in [6, 6.07) is 12.6. The molecule has 3 rings (SSSR count). The van der Waals surface area contributed by atoms with Gasteiger partial charge in [-0.05, 0) is 37.1 Å². The second-order valence-corrected chi connectivity index (χ2v) is 9.19. The lowest BCUT2D eigenvalue weighted by molar-refractivity contribution is 0.0678. The van der Waals surface area contributed by atoms with Crippen molar-refractivity contribution < 1.29 is 22.3 Å². The lowest BCUT2D eigenvalue weighted by Gasteiger charge is -2.29. The molecule has 1 atom stereocenters. The number of nitrogens with zero attached hydrogens (tertiary/aromatic N) is 1. The van der Waals surface area contributed by atoms with Crippen LogP contribution in [0.3, 0.4) is 0 Å². The Morgan fingerprint density at radius 3 is 2.68 bits per heavy atom. The summed E-state index contributed by atoms with van der Waals surface area (Å²) in [7, 11) is -3.19. The fourth-order valence-corrected chi connectivity index (χ4v) is 5.03. The summed E-state index contributed by atoms with van der Waals surface area (Å²) in [6.07, 6.45) is 1.20. The lowest BCUT2D eigenvalue weighted by atomic mass is 10.1. The van der Waals surface area contributed by atoms with Crippen molar-refractivity contribution in [1.29, 1.82) is 0 Å². The van der Waals surface area contributed by atoms with Crippen molar-refractivity contribution in [2.45, 2.75) is 32.4 Å². The van der Waals surface area contributed by atoms with E-state index in [0.29, 0.717) is 29.9 Å². The number of ether oxygens (including phenoxy) is 1. The summed E-state index contributed by atoms with van der Waals surface area (Å²) in [5, 5.41) is 0. The van der Waals surface area contributed by atoms with E-state index in [1.54, 1.807) is 42.5 Å². The number of rotatable bonds is 7. The molecule has 0 aromatic heterocycles. The Morgan fingerprint density at radius 2 is 2.00 bits per heavy atom. The third-order valence-corrected chi connectivity index (χ3v) is 6.51. The first-order valence-corrected chi connectivity index (χ1v) is 11.2. The molecule has 1 amide bonds. The van der Waals surface area contributed by atoms with Gasteiger partial charge >= 0.3 is 0 Å². The Kier molecular flexibility index (Phi) is 6.34. The maximum Gasteiger partial charge on any atom is 0.254 e. The largest absolute Gasteiger partial charge is 0.494 e. The van der Waals surface area contributed by atoms with Crippen molar-refractivity contribution in [2.24, 2.45) is 0 Å². The molecule has 2 aromatic carbocycles. The summed E-state index contributed by atoms with van der Waals surface area (Å²) in [4.78, 5) is 14.7. The monoisotopic (exact) mass is 405 g/mol. The second kappa shape index (κ2) is 8.73. The van der Waals surface area contributed by atoms with E-state index in [1.807, 2.05) is 6.92 Å². The zero-order valence-corrected chi connectivity index (χ0v) is 16.6. The van der Waals surface area contributed by atoms with Gasteiger partial charge in [0.05, 0.1) is 18.1 Å². The molecule has 0 spiro atoms. The molecule has 0 N–H and O–H groups in total. The molecule has 0 bridgehead atoms. The number of hydrogen-bond acceptors (Lipinski definition) is 4. The molecule has 1 aliphatic heterocycles. The van der Waals surface area contributed by atoms with Crippen LogP contribution in [0.1, 0.15) is 35.7 Å². The van der Waals surface area contributed by atoms with Gasteiger partial charge in [0, 0.05) is 23.7 Å². The highest BCUT2D eigenvalue weighted by Crippen LogP contribution is 2.24. The van der Waals surface area contributed by atoms with Crippen LogP contribution in [0.2, 0.25) is 0 Å². The van der Waals surface area contributed by atoms with Crippen LogP contribution in [0.25, 0.3) is 0 Å². The average Bonchev–Trinajstić information content (AvgIpc) is 3.05. The van der Waals surface area contributed by atoms with E-state index < -0.39 is 21.7 Å². The summed E-state index contributed by atoms with van der Waals surface area (Å²) < 4.78 is 43.7. The molecule has 7 heteroatoms. The minimum atomic E-state index is -3.19. The third kappa shape index (κ3) is 4.90. The maximum atomic E-state index is 14.2. The first-order valence-electron chi connectivity index (χ1n) is 9.37. The van der Waals surface area contributed by atoms with Crippen molar-refractivity contribution >= 4 is 15.7 Å². The molecule has 1 heterocycles. The van der Waals surface area contributed by atoms with Gasteiger partial charge in [0.15, 0.2) is 9.84 Å². The highest BCUT2D eigenvalue weighted by Gasteiger charge is 2.35. The van der Waals surface area contributed by atoms with E-state index in [2.05, 4.69) is 0 Å². The summed E-state index contributed by atoms with van der Waals surface area (Å²) in [6.45, 7) is 2.55. The van der Waals surface area contributed by atoms with Gasteiger partial charge in [-0.1, -0.05) is 31.2 Å². The van der Waals surface area contributed by atoms with Crippen molar-refractivity contribution in [3.8, 4) is 5.75 Å². The number of hydrogen-bond donors (Lipinski definition) is 0. The zero-order chi connectivity index (χ0) is 20.1. The Morgan fingerprint density at radius 1 is 1.21 bits per heavy atom. The SMILES string of the molecule is CCCOc1cccc(C(=O)N(Cc2ccccc2F)C2CCS(=O)(=O)C2)c1. The van der Waals surface area contributed by atoms with Gasteiger partial charge in [-0.2, -0.15) is 0 Å². The Balaban J connectivity index is 1.90. The number of benzene rings is 2. The molecule has 0 saturated carbocycles. The van der Waals surface area contributed by atoms with Crippen LogP contribution >= 0.6 is 0 Å². The van der Waals surface area contributed by atoms with Crippen LogP contribution in [0.4, 0.5) is 4.39 Å². The lowest BCUT2D eigenvalue weighted by Crippen LogP contribution is -2.40. The minimum Gasteiger partial charge on any atom is -0.494 e. The van der Waals surface area contributed by atoms with E-state index in [1.165, 1.54) is 11.0 Å². The number of carbonyl (C=O) groups is 1. The molecule has 1 fully saturated rings. The van der Waals surface area contributed by atoms with Gasteiger partial charge in [0.1, 0.15) is 11.6 Å². The normalized spacial score (nSPS) is 18.0. The molecule has 150 valence electrons. The predicted octanol–water partition coefficient (Wildman–Crippen LogP) is 3.44. The van der Waals surface area contributed by atoms with Crippen LogP contribution < -0.4 is 4.74 Å². The fourth-order valence-electron chi connectivity index (χ4n) is 3.30.